The molecule has 0 aromatic carbocycles. The predicted molar refractivity (Wildman–Crippen MR) is 69.5 cm³/mol. The average molecular weight is 231 g/mol. The van der Waals surface area contributed by atoms with E-state index in [2.05, 4.69) is 33.4 Å². The molecule has 3 heteroatoms. The van der Waals surface area contributed by atoms with Crippen LogP contribution >= 0.6 is 12.6 Å². The fourth-order valence-electron chi connectivity index (χ4n) is 1.85. The Morgan fingerprint density at radius 1 is 1.40 bits per heavy atom. The van der Waals surface area contributed by atoms with Crippen molar-refractivity contribution in [3.8, 4) is 0 Å². The van der Waals surface area contributed by atoms with Gasteiger partial charge in [0.2, 0.25) is 0 Å². The van der Waals surface area contributed by atoms with Crippen molar-refractivity contribution in [3.63, 3.8) is 0 Å². The van der Waals surface area contributed by atoms with Crippen molar-refractivity contribution >= 4 is 17.9 Å². The van der Waals surface area contributed by atoms with E-state index in [4.69, 9.17) is 0 Å². The molecule has 1 unspecified atom stereocenters. The molecule has 0 aromatic rings. The van der Waals surface area contributed by atoms with E-state index in [1.807, 2.05) is 18.7 Å². The lowest BCUT2D eigenvalue weighted by molar-refractivity contribution is 0.148. The molecule has 0 aliphatic heterocycles. The molecule has 0 saturated heterocycles. The van der Waals surface area contributed by atoms with Crippen molar-refractivity contribution in [2.45, 2.75) is 59.9 Å². The third kappa shape index (κ3) is 4.92. The normalized spacial score (nSPS) is 15.1. The molecule has 15 heavy (non-hydrogen) atoms. The topological polar surface area (TPSA) is 20.3 Å². The number of rotatable bonds is 6. The Balaban J connectivity index is 4.54. The Bertz CT molecular complexity index is 206. The van der Waals surface area contributed by atoms with Gasteiger partial charge in [0.1, 0.15) is 0 Å². The lowest BCUT2D eigenvalue weighted by Crippen LogP contribution is -2.41. The van der Waals surface area contributed by atoms with Crippen LogP contribution in [-0.4, -0.2) is 22.7 Å². The molecule has 2 nitrogen and oxygen atoms in total. The van der Waals surface area contributed by atoms with Gasteiger partial charge in [-0.1, -0.05) is 39.8 Å². The van der Waals surface area contributed by atoms with Crippen molar-refractivity contribution < 1.29 is 4.79 Å². The summed E-state index contributed by atoms with van der Waals surface area (Å²) >= 11 is 3.94. The van der Waals surface area contributed by atoms with E-state index in [0.29, 0.717) is 0 Å². The molecule has 0 aliphatic rings. The molecule has 90 valence electrons. The summed E-state index contributed by atoms with van der Waals surface area (Å²) in [6, 6.07) is 0.234. The smallest absolute Gasteiger partial charge is 0.278 e. The van der Waals surface area contributed by atoms with Crippen LogP contribution in [0.5, 0.6) is 0 Å². The van der Waals surface area contributed by atoms with Crippen LogP contribution in [0.1, 0.15) is 53.9 Å². The van der Waals surface area contributed by atoms with Crippen molar-refractivity contribution in [1.29, 1.82) is 0 Å². The highest BCUT2D eigenvalue weighted by Crippen LogP contribution is 2.29. The minimum Gasteiger partial charge on any atom is -0.331 e. The maximum Gasteiger partial charge on any atom is 0.278 e. The lowest BCUT2D eigenvalue weighted by atomic mass is 9.82. The number of hydrogen-bond acceptors (Lipinski definition) is 1. The van der Waals surface area contributed by atoms with E-state index in [0.717, 1.165) is 25.8 Å². The maximum absolute atomic E-state index is 11.4. The van der Waals surface area contributed by atoms with Crippen molar-refractivity contribution in [2.75, 3.05) is 6.54 Å². The van der Waals surface area contributed by atoms with Gasteiger partial charge < -0.3 is 4.90 Å². The minimum absolute atomic E-state index is 0.110. The molecule has 0 heterocycles. The Hall–Kier alpha value is -0.180. The number of carbonyl (C=O) groups is 1. The molecule has 0 saturated carbocycles. The van der Waals surface area contributed by atoms with Crippen LogP contribution in [0.3, 0.4) is 0 Å². The van der Waals surface area contributed by atoms with E-state index in [9.17, 15) is 4.79 Å². The highest BCUT2D eigenvalue weighted by Gasteiger charge is 2.27. The highest BCUT2D eigenvalue weighted by molar-refractivity contribution is 7.96. The van der Waals surface area contributed by atoms with E-state index in [1.54, 1.807) is 0 Å². The summed E-state index contributed by atoms with van der Waals surface area (Å²) in [5.74, 6) is 0. The number of carbonyl (C=O) groups excluding carboxylic acids is 1. The highest BCUT2D eigenvalue weighted by atomic mass is 32.1. The zero-order valence-electron chi connectivity index (χ0n) is 10.7. The Kier molecular flexibility index (Phi) is 6.34. The van der Waals surface area contributed by atoms with E-state index >= 15 is 0 Å². The quantitative estimate of drug-likeness (QED) is 0.686. The molecule has 0 radical (unpaired) electrons. The summed E-state index contributed by atoms with van der Waals surface area (Å²) < 4.78 is 0. The van der Waals surface area contributed by atoms with Crippen LogP contribution in [0.25, 0.3) is 0 Å². The zero-order valence-corrected chi connectivity index (χ0v) is 11.6. The first kappa shape index (κ1) is 14.8. The van der Waals surface area contributed by atoms with E-state index in [-0.39, 0.29) is 16.7 Å². The molecule has 0 spiro atoms. The molecule has 1 atom stereocenters. The van der Waals surface area contributed by atoms with Gasteiger partial charge in [0, 0.05) is 12.6 Å². The van der Waals surface area contributed by atoms with Crippen molar-refractivity contribution in [2.24, 2.45) is 5.41 Å². The molecule has 0 aromatic heterocycles. The monoisotopic (exact) mass is 231 g/mol. The summed E-state index contributed by atoms with van der Waals surface area (Å²) in [5.41, 5.74) is 0.234. The summed E-state index contributed by atoms with van der Waals surface area (Å²) in [5, 5.41) is -0.110. The lowest BCUT2D eigenvalue weighted by Gasteiger charge is -2.36. The van der Waals surface area contributed by atoms with Gasteiger partial charge in [0.15, 0.2) is 0 Å². The number of thiol groups is 1. The van der Waals surface area contributed by atoms with Gasteiger partial charge in [-0.2, -0.15) is 0 Å². The second kappa shape index (κ2) is 6.41. The Labute approximate surface area is 99.8 Å². The molecule has 0 aliphatic carbocycles. The largest absolute Gasteiger partial charge is 0.331 e. The average Bonchev–Trinajstić information content (AvgIpc) is 2.14. The second-order valence-corrected chi connectivity index (χ2v) is 5.30. The van der Waals surface area contributed by atoms with Crippen molar-refractivity contribution in [1.82, 2.24) is 4.90 Å². The maximum atomic E-state index is 11.4. The van der Waals surface area contributed by atoms with Crippen molar-refractivity contribution in [3.05, 3.63) is 0 Å². The van der Waals surface area contributed by atoms with Crippen LogP contribution < -0.4 is 0 Å². The molecule has 0 bridgehead atoms. The fourth-order valence-corrected chi connectivity index (χ4v) is 2.16. The van der Waals surface area contributed by atoms with E-state index in [1.165, 1.54) is 0 Å². The first-order chi connectivity index (χ1) is 6.86. The molecule has 1 amide bonds. The van der Waals surface area contributed by atoms with Gasteiger partial charge in [-0.15, -0.1) is 0 Å². The first-order valence-electron chi connectivity index (χ1n) is 5.86. The molecule has 0 fully saturated rings. The van der Waals surface area contributed by atoms with Gasteiger partial charge >= 0.3 is 0 Å². The van der Waals surface area contributed by atoms with Gasteiger partial charge in [-0.3, -0.25) is 4.79 Å². The SMILES string of the molecule is CCCC(C)(CC)CN(C(=O)S)C(C)C. The predicted octanol–water partition coefficient (Wildman–Crippen LogP) is 3.96. The third-order valence-corrected chi connectivity index (χ3v) is 3.39. The Morgan fingerprint density at radius 2 is 1.93 bits per heavy atom. The van der Waals surface area contributed by atoms with Crippen LogP contribution in [0.15, 0.2) is 0 Å². The molecular weight excluding hydrogens is 206 g/mol. The molecule has 0 rings (SSSR count). The number of amides is 1. The van der Waals surface area contributed by atoms with Crippen LogP contribution in [0, 0.1) is 5.41 Å². The van der Waals surface area contributed by atoms with Gasteiger partial charge in [0.25, 0.3) is 5.24 Å². The fraction of sp³-hybridized carbons (Fsp3) is 0.917. The van der Waals surface area contributed by atoms with Gasteiger partial charge in [-0.25, -0.2) is 0 Å². The summed E-state index contributed by atoms with van der Waals surface area (Å²) in [6.45, 7) is 11.5. The minimum atomic E-state index is -0.110. The van der Waals surface area contributed by atoms with Crippen LogP contribution in [0.2, 0.25) is 0 Å². The van der Waals surface area contributed by atoms with E-state index < -0.39 is 0 Å². The Morgan fingerprint density at radius 3 is 2.20 bits per heavy atom. The molecule has 0 N–H and O–H groups in total. The summed E-state index contributed by atoms with van der Waals surface area (Å²) in [6.07, 6.45) is 3.43. The van der Waals surface area contributed by atoms with Gasteiger partial charge in [0.05, 0.1) is 0 Å². The molecular formula is C12H25NOS. The first-order valence-corrected chi connectivity index (χ1v) is 6.30. The zero-order chi connectivity index (χ0) is 12.1. The van der Waals surface area contributed by atoms with Crippen LogP contribution in [0.4, 0.5) is 4.79 Å². The third-order valence-electron chi connectivity index (χ3n) is 3.13. The second-order valence-electron chi connectivity index (χ2n) is 4.92. The summed E-state index contributed by atoms with van der Waals surface area (Å²) in [7, 11) is 0. The number of hydrogen-bond donors (Lipinski definition) is 1. The standard InChI is InChI=1S/C12H25NOS/c1-6-8-12(5,7-2)9-13(10(3)4)11(14)15/h10H,6-9H2,1-5H3,(H,14,15). The summed E-state index contributed by atoms with van der Waals surface area (Å²) in [4.78, 5) is 13.2. The van der Waals surface area contributed by atoms with Gasteiger partial charge in [-0.05, 0) is 32.1 Å². The van der Waals surface area contributed by atoms with Crippen LogP contribution in [-0.2, 0) is 0 Å². The number of nitrogens with zero attached hydrogens (tertiary/aromatic N) is 1.